The molecule has 1 atom stereocenters. The van der Waals surface area contributed by atoms with Gasteiger partial charge in [0.1, 0.15) is 28.2 Å². The average molecular weight is 482 g/mol. The average Bonchev–Trinajstić information content (AvgIpc) is 3.42. The van der Waals surface area contributed by atoms with E-state index >= 15 is 0 Å². The Morgan fingerprint density at radius 2 is 2.00 bits per heavy atom. The number of rotatable bonds is 6. The third kappa shape index (κ3) is 5.11. The summed E-state index contributed by atoms with van der Waals surface area (Å²) in [7, 11) is 0. The quantitative estimate of drug-likeness (QED) is 0.403. The molecular weight excluding hydrogens is 465 g/mol. The van der Waals surface area contributed by atoms with E-state index < -0.39 is 17.0 Å². The molecule has 4 rings (SSSR count). The second kappa shape index (κ2) is 9.94. The van der Waals surface area contributed by atoms with Gasteiger partial charge in [-0.3, -0.25) is 14.5 Å². The van der Waals surface area contributed by atoms with Crippen molar-refractivity contribution in [2.45, 2.75) is 18.2 Å². The summed E-state index contributed by atoms with van der Waals surface area (Å²) in [6, 6.07) is 17.8. The van der Waals surface area contributed by atoms with Crippen LogP contribution in [-0.2, 0) is 22.6 Å². The van der Waals surface area contributed by atoms with Gasteiger partial charge < -0.3 is 9.73 Å². The van der Waals surface area contributed by atoms with Crippen molar-refractivity contribution in [2.75, 3.05) is 4.90 Å². The standard InChI is InChI=1S/C24H17ClFN3O3S/c25-16-4-1-3-15(11-16)12-21-23(31)29(18-8-6-17(26)7-9-18)24(33-21)20(13-27)22(30)28-14-19-5-2-10-32-19/h1-11,21H,12,14H2,(H,28,30). The molecule has 0 spiro atoms. The molecule has 0 bridgehead atoms. The first-order chi connectivity index (χ1) is 16.0. The van der Waals surface area contributed by atoms with E-state index in [4.69, 9.17) is 16.0 Å². The molecule has 1 aliphatic rings. The van der Waals surface area contributed by atoms with Gasteiger partial charge in [-0.25, -0.2) is 4.39 Å². The molecule has 9 heteroatoms. The van der Waals surface area contributed by atoms with E-state index in [1.807, 2.05) is 12.1 Å². The van der Waals surface area contributed by atoms with Crippen LogP contribution in [0.2, 0.25) is 5.02 Å². The molecular formula is C24H17ClFN3O3S. The van der Waals surface area contributed by atoms with Crippen LogP contribution < -0.4 is 10.2 Å². The highest BCUT2D eigenvalue weighted by atomic mass is 35.5. The maximum Gasteiger partial charge on any atom is 0.265 e. The molecule has 2 amide bonds. The van der Waals surface area contributed by atoms with Crippen molar-refractivity contribution in [3.8, 4) is 6.07 Å². The molecule has 33 heavy (non-hydrogen) atoms. The van der Waals surface area contributed by atoms with Gasteiger partial charge in [0.25, 0.3) is 5.91 Å². The molecule has 1 fully saturated rings. The van der Waals surface area contributed by atoms with E-state index in [2.05, 4.69) is 5.32 Å². The molecule has 1 aliphatic heterocycles. The lowest BCUT2D eigenvalue weighted by molar-refractivity contribution is -0.117. The lowest BCUT2D eigenvalue weighted by Gasteiger charge is -2.18. The van der Waals surface area contributed by atoms with E-state index in [0.29, 0.717) is 22.9 Å². The first kappa shape index (κ1) is 22.6. The molecule has 0 saturated carbocycles. The predicted molar refractivity (Wildman–Crippen MR) is 124 cm³/mol. The number of carbonyl (C=O) groups excluding carboxylic acids is 2. The minimum atomic E-state index is -0.639. The summed E-state index contributed by atoms with van der Waals surface area (Å²) in [4.78, 5) is 27.5. The van der Waals surface area contributed by atoms with E-state index in [1.165, 1.54) is 35.4 Å². The van der Waals surface area contributed by atoms with Gasteiger partial charge >= 0.3 is 0 Å². The Morgan fingerprint density at radius 3 is 2.67 bits per heavy atom. The van der Waals surface area contributed by atoms with Gasteiger partial charge in [0.15, 0.2) is 0 Å². The predicted octanol–water partition coefficient (Wildman–Crippen LogP) is 4.81. The summed E-state index contributed by atoms with van der Waals surface area (Å²) in [6.45, 7) is 0.0887. The zero-order valence-electron chi connectivity index (χ0n) is 17.1. The molecule has 166 valence electrons. The van der Waals surface area contributed by atoms with Crippen LogP contribution in [-0.4, -0.2) is 17.1 Å². The van der Waals surface area contributed by atoms with Crippen LogP contribution in [0.4, 0.5) is 10.1 Å². The van der Waals surface area contributed by atoms with Crippen molar-refractivity contribution in [3.63, 3.8) is 0 Å². The lowest BCUT2D eigenvalue weighted by atomic mass is 10.1. The van der Waals surface area contributed by atoms with Crippen molar-refractivity contribution in [1.29, 1.82) is 5.26 Å². The van der Waals surface area contributed by atoms with Crippen LogP contribution in [0.15, 0.2) is 81.9 Å². The molecule has 2 aromatic carbocycles. The molecule has 1 aromatic heterocycles. The lowest BCUT2D eigenvalue weighted by Crippen LogP contribution is -2.32. The Kier molecular flexibility index (Phi) is 6.82. The first-order valence-corrected chi connectivity index (χ1v) is 11.2. The minimum Gasteiger partial charge on any atom is -0.467 e. The topological polar surface area (TPSA) is 86.3 Å². The number of halogens is 2. The second-order valence-electron chi connectivity index (χ2n) is 7.14. The zero-order chi connectivity index (χ0) is 23.4. The van der Waals surface area contributed by atoms with E-state index in [1.54, 1.807) is 30.3 Å². The van der Waals surface area contributed by atoms with E-state index in [-0.39, 0.29) is 23.1 Å². The number of furan rings is 1. The fourth-order valence-electron chi connectivity index (χ4n) is 3.36. The van der Waals surface area contributed by atoms with Gasteiger partial charge in [0.05, 0.1) is 18.1 Å². The summed E-state index contributed by atoms with van der Waals surface area (Å²) in [5.41, 5.74) is 0.997. The smallest absolute Gasteiger partial charge is 0.265 e. The SMILES string of the molecule is N#CC(C(=O)NCc1ccco1)=C1SC(Cc2cccc(Cl)c2)C(=O)N1c1ccc(F)cc1. The van der Waals surface area contributed by atoms with Crippen LogP contribution in [0.5, 0.6) is 0 Å². The summed E-state index contributed by atoms with van der Waals surface area (Å²) < 4.78 is 18.7. The van der Waals surface area contributed by atoms with E-state index in [0.717, 1.165) is 17.3 Å². The highest BCUT2D eigenvalue weighted by Gasteiger charge is 2.40. The Bertz CT molecular complexity index is 1250. The van der Waals surface area contributed by atoms with Gasteiger partial charge in [0.2, 0.25) is 5.91 Å². The number of nitrogens with zero attached hydrogens (tertiary/aromatic N) is 2. The fraction of sp³-hybridized carbons (Fsp3) is 0.125. The van der Waals surface area contributed by atoms with Gasteiger partial charge in [-0.15, -0.1) is 0 Å². The molecule has 3 aromatic rings. The minimum absolute atomic E-state index is 0.0887. The number of thioether (sulfide) groups is 1. The monoisotopic (exact) mass is 481 g/mol. The van der Waals surface area contributed by atoms with Crippen LogP contribution in [0.25, 0.3) is 0 Å². The van der Waals surface area contributed by atoms with Crippen molar-refractivity contribution in [1.82, 2.24) is 5.32 Å². The molecule has 6 nitrogen and oxygen atoms in total. The number of amides is 2. The number of benzene rings is 2. The largest absolute Gasteiger partial charge is 0.467 e. The summed E-state index contributed by atoms with van der Waals surface area (Å²) in [5.74, 6) is -0.890. The highest BCUT2D eigenvalue weighted by Crippen LogP contribution is 2.42. The van der Waals surface area contributed by atoms with Gasteiger partial charge in [-0.2, -0.15) is 5.26 Å². The molecule has 1 N–H and O–H groups in total. The molecule has 0 aliphatic carbocycles. The number of hydrogen-bond acceptors (Lipinski definition) is 5. The highest BCUT2D eigenvalue weighted by molar-refractivity contribution is 8.05. The molecule has 1 saturated heterocycles. The Morgan fingerprint density at radius 1 is 1.21 bits per heavy atom. The maximum atomic E-state index is 13.5. The van der Waals surface area contributed by atoms with Crippen LogP contribution in [0.3, 0.4) is 0 Å². The van der Waals surface area contributed by atoms with Crippen LogP contribution >= 0.6 is 23.4 Å². The Labute approximate surface area is 198 Å². The Hall–Kier alpha value is -3.54. The summed E-state index contributed by atoms with van der Waals surface area (Å²) in [5, 5.41) is 12.6. The third-order valence-electron chi connectivity index (χ3n) is 4.90. The number of carbonyl (C=O) groups is 2. The zero-order valence-corrected chi connectivity index (χ0v) is 18.7. The van der Waals surface area contributed by atoms with Gasteiger partial charge in [0, 0.05) is 10.7 Å². The molecule has 0 radical (unpaired) electrons. The second-order valence-corrected chi connectivity index (χ2v) is 8.77. The van der Waals surface area contributed by atoms with Crippen molar-refractivity contribution < 1.29 is 18.4 Å². The fourth-order valence-corrected chi connectivity index (χ4v) is 4.88. The molecule has 2 heterocycles. The number of anilines is 1. The van der Waals surface area contributed by atoms with Crippen molar-refractivity contribution >= 4 is 40.9 Å². The van der Waals surface area contributed by atoms with Crippen LogP contribution in [0, 0.1) is 17.1 Å². The Balaban J connectivity index is 1.68. The normalized spacial score (nSPS) is 17.1. The van der Waals surface area contributed by atoms with Crippen LogP contribution in [0.1, 0.15) is 11.3 Å². The summed E-state index contributed by atoms with van der Waals surface area (Å²) >= 11 is 7.20. The first-order valence-electron chi connectivity index (χ1n) is 9.92. The van der Waals surface area contributed by atoms with Gasteiger partial charge in [-0.05, 0) is 60.5 Å². The number of nitriles is 1. The van der Waals surface area contributed by atoms with Gasteiger partial charge in [-0.1, -0.05) is 35.5 Å². The third-order valence-corrected chi connectivity index (χ3v) is 6.40. The van der Waals surface area contributed by atoms with E-state index in [9.17, 15) is 19.2 Å². The summed E-state index contributed by atoms with van der Waals surface area (Å²) in [6.07, 6.45) is 1.82. The number of hydrogen-bond donors (Lipinski definition) is 1. The van der Waals surface area contributed by atoms with Crippen molar-refractivity contribution in [3.05, 3.63) is 99.7 Å². The molecule has 1 unspecified atom stereocenters. The van der Waals surface area contributed by atoms with Crippen molar-refractivity contribution in [2.24, 2.45) is 0 Å². The number of nitrogens with one attached hydrogen (secondary N) is 1. The maximum absolute atomic E-state index is 13.5.